The molecule has 3 heterocycles. The Morgan fingerprint density at radius 2 is 0.645 bits per heavy atom. The molecule has 9 rings (SSSR count). The van der Waals surface area contributed by atoms with Crippen molar-refractivity contribution >= 4 is 124 Å². The van der Waals surface area contributed by atoms with Crippen LogP contribution in [0, 0.1) is 0 Å². The molecule has 107 heavy (non-hydrogen) atoms. The van der Waals surface area contributed by atoms with Gasteiger partial charge >= 0.3 is 54.1 Å². The van der Waals surface area contributed by atoms with Crippen LogP contribution in [0.2, 0.25) is 45.2 Å². The summed E-state index contributed by atoms with van der Waals surface area (Å²) in [5.41, 5.74) is -13.4. The van der Waals surface area contributed by atoms with Gasteiger partial charge in [0.15, 0.2) is 0 Å². The van der Waals surface area contributed by atoms with Gasteiger partial charge in [-0.05, 0) is 120 Å². The van der Waals surface area contributed by atoms with Crippen LogP contribution in [-0.2, 0) is 56.7 Å². The van der Waals surface area contributed by atoms with E-state index in [1.165, 1.54) is 70.2 Å². The van der Waals surface area contributed by atoms with Gasteiger partial charge < -0.3 is 5.73 Å². The zero-order valence-corrected chi connectivity index (χ0v) is 61.6. The summed E-state index contributed by atoms with van der Waals surface area (Å²) in [6.45, 7) is 2.94. The smallest absolute Gasteiger partial charge is 0.326 e. The topological polar surface area (TPSA) is 163 Å². The monoisotopic (exact) mass is 1750 g/mol. The van der Waals surface area contributed by atoms with Crippen molar-refractivity contribution < 1.29 is 109 Å². The van der Waals surface area contributed by atoms with Crippen LogP contribution in [0.25, 0.3) is 50.4 Å². The molecule has 0 fully saturated rings. The fraction of sp³-hybridized carbons (Fsp3) is 0.274. The van der Waals surface area contributed by atoms with Crippen LogP contribution in [0.1, 0.15) is 47.2 Å². The quantitative estimate of drug-likeness (QED) is 0.0802. The normalized spacial score (nSPS) is 13.2. The second-order valence-corrected chi connectivity index (χ2v) is 30.5. The number of nitrogens with two attached hydrogens (primary N) is 1. The van der Waals surface area contributed by atoms with Crippen molar-refractivity contribution in [2.45, 2.75) is 87.5 Å². The largest absolute Gasteiger partial charge is 0.435 e. The van der Waals surface area contributed by atoms with Crippen molar-refractivity contribution in [1.82, 2.24) is 38.4 Å². The molecular weight excluding hydrogens is 1720 g/mol. The standard InChI is InChI=1S/C22H17Cl3F7N3O2S.C21H15Cl3F7N3O2S.C19H11Cl3F7N3/c1-3-38(36,37)34(2)10-13-6-12(4-5-16(13)23)14-9-33-35(11-14)19-17(24)7-15(8-18(19)25)20(26,21(27,28)29)22(30,31)32;1-2-37(35,36)33-9-12-5-11(3-4-15(12)22)13-8-32-34(10-13)18-16(23)6-14(7-17(18)24)19(25,20(26,27)28)21(29,30)31;20-13-2-1-9(3-10(13)6-30)11-7-31-32(8-11)16-14(21)4-12(5-15(16)22)17(23,18(24,25)26)19(27,28)29/h4-9,11H,3,10H2,1-2H3;3-8,10,33H,2,9H2,1H3;1-5,7-8H,6,30H2. The zero-order chi connectivity index (χ0) is 80.9. The van der Waals surface area contributed by atoms with E-state index < -0.39 is 121 Å². The van der Waals surface area contributed by atoms with E-state index in [1.807, 2.05) is 0 Å². The summed E-state index contributed by atoms with van der Waals surface area (Å²) in [5.74, 6) is -0.268. The van der Waals surface area contributed by atoms with Crippen molar-refractivity contribution in [3.05, 3.63) is 207 Å². The first-order chi connectivity index (χ1) is 48.9. The third-order valence-electron chi connectivity index (χ3n) is 15.5. The highest BCUT2D eigenvalue weighted by Gasteiger charge is 2.76. The summed E-state index contributed by atoms with van der Waals surface area (Å²) in [6, 6.07) is 15.4. The number of rotatable bonds is 18. The molecule has 6 aromatic carbocycles. The van der Waals surface area contributed by atoms with E-state index in [0.717, 1.165) is 18.4 Å². The molecule has 0 saturated heterocycles. The highest BCUT2D eigenvalue weighted by Crippen LogP contribution is 2.58. The number of hydrogen-bond donors (Lipinski definition) is 2. The van der Waals surface area contributed by atoms with E-state index in [0.29, 0.717) is 55.1 Å². The maximum absolute atomic E-state index is 14.5. The third-order valence-corrected chi connectivity index (χ3v) is 21.5. The molecule has 0 aliphatic carbocycles. The van der Waals surface area contributed by atoms with E-state index in [9.17, 15) is 109 Å². The Morgan fingerprint density at radius 1 is 0.383 bits per heavy atom. The van der Waals surface area contributed by atoms with Gasteiger partial charge in [-0.25, -0.2) is 53.1 Å². The number of benzene rings is 6. The summed E-state index contributed by atoms with van der Waals surface area (Å²) >= 11 is 54.0. The number of nitrogens with one attached hydrogen (secondary N) is 1. The lowest BCUT2D eigenvalue weighted by molar-refractivity contribution is -0.349. The van der Waals surface area contributed by atoms with E-state index in [2.05, 4.69) is 20.0 Å². The van der Waals surface area contributed by atoms with Crippen molar-refractivity contribution in [1.29, 1.82) is 0 Å². The molecule has 3 aromatic heterocycles. The van der Waals surface area contributed by atoms with Gasteiger partial charge in [-0.15, -0.1) is 0 Å². The molecule has 0 unspecified atom stereocenters. The Morgan fingerprint density at radius 3 is 0.907 bits per heavy atom. The van der Waals surface area contributed by atoms with Gasteiger partial charge in [0, 0.05) is 93.7 Å². The molecule has 9 aromatic rings. The Hall–Kier alpha value is -6.13. The van der Waals surface area contributed by atoms with Crippen LogP contribution < -0.4 is 10.5 Å². The highest BCUT2D eigenvalue weighted by molar-refractivity contribution is 7.89. The zero-order valence-electron chi connectivity index (χ0n) is 53.2. The van der Waals surface area contributed by atoms with Crippen LogP contribution in [0.15, 0.2) is 128 Å². The molecule has 0 bridgehead atoms. The molecule has 45 heteroatoms. The van der Waals surface area contributed by atoms with Crippen LogP contribution >= 0.6 is 104 Å². The van der Waals surface area contributed by atoms with Crippen LogP contribution in [0.5, 0.6) is 0 Å². The summed E-state index contributed by atoms with van der Waals surface area (Å²) < 4.78 is 333. The van der Waals surface area contributed by atoms with Crippen LogP contribution in [-0.4, -0.2) is 106 Å². The predicted molar refractivity (Wildman–Crippen MR) is 362 cm³/mol. The van der Waals surface area contributed by atoms with Gasteiger partial charge in [-0.2, -0.15) is 94.3 Å². The summed E-state index contributed by atoms with van der Waals surface area (Å²) in [6.07, 6.45) is -30.0. The molecule has 0 radical (unpaired) electrons. The Kier molecular flexibility index (Phi) is 26.6. The summed E-state index contributed by atoms with van der Waals surface area (Å²) in [4.78, 5) is 0. The highest BCUT2D eigenvalue weighted by atomic mass is 35.5. The number of sulfonamides is 2. The number of alkyl halides is 21. The molecule has 0 amide bonds. The molecule has 13 nitrogen and oxygen atoms in total. The maximum Gasteiger partial charge on any atom is 0.435 e. The SMILES string of the molecule is CCS(=O)(=O)N(C)Cc1cc(-c2cnn(-c3c(Cl)cc(C(F)(C(F)(F)F)C(F)(F)F)cc3Cl)c2)ccc1Cl.CCS(=O)(=O)NCc1cc(-c2cnn(-c3c(Cl)cc(C(F)(C(F)(F)F)C(F)(F)F)cc3Cl)c2)ccc1Cl.NCc1cc(-c2cnn(-c3c(Cl)cc(C(F)(C(F)(F)F)C(F)(F)F)cc3Cl)c2)ccc1Cl. The van der Waals surface area contributed by atoms with E-state index in [1.54, 1.807) is 42.5 Å². The molecule has 0 spiro atoms. The molecule has 3 N–H and O–H groups in total. The minimum absolute atomic E-state index is 0.0422. The number of halogens is 30. The molecule has 0 saturated carbocycles. The van der Waals surface area contributed by atoms with Gasteiger partial charge in [0.25, 0.3) is 0 Å². The minimum Gasteiger partial charge on any atom is -0.326 e. The second kappa shape index (κ2) is 32.3. The van der Waals surface area contributed by atoms with Gasteiger partial charge in [0.2, 0.25) is 20.0 Å². The lowest BCUT2D eigenvalue weighted by Gasteiger charge is -2.30. The number of nitrogens with zero attached hydrogens (tertiary/aromatic N) is 7. The first-order valence-electron chi connectivity index (χ1n) is 29.0. The number of hydrogen-bond acceptors (Lipinski definition) is 8. The minimum atomic E-state index is -6.34. The lowest BCUT2D eigenvalue weighted by Crippen LogP contribution is -2.50. The van der Waals surface area contributed by atoms with Crippen molar-refractivity contribution in [2.75, 3.05) is 18.6 Å². The van der Waals surface area contributed by atoms with Gasteiger partial charge in [0.05, 0.1) is 60.2 Å². The molecule has 0 aliphatic rings. The average Bonchev–Trinajstić information content (AvgIpc) is 1.13. The fourth-order valence-corrected chi connectivity index (χ4v) is 13.6. The van der Waals surface area contributed by atoms with Gasteiger partial charge in [0.1, 0.15) is 17.1 Å². The Labute approximate surface area is 636 Å². The lowest BCUT2D eigenvalue weighted by atomic mass is 9.94. The first-order valence-corrected chi connectivity index (χ1v) is 35.7. The maximum atomic E-state index is 14.5. The molecular formula is C62H43Cl9F21N9O4S2. The fourth-order valence-electron chi connectivity index (χ4n) is 9.72. The van der Waals surface area contributed by atoms with Crippen molar-refractivity contribution in [3.63, 3.8) is 0 Å². The predicted octanol–water partition coefficient (Wildman–Crippen LogP) is 22.0. The molecule has 0 atom stereocenters. The third kappa shape index (κ3) is 18.4. The van der Waals surface area contributed by atoms with Gasteiger partial charge in [-0.3, -0.25) is 0 Å². The number of aromatic nitrogens is 6. The average molecular weight is 1760 g/mol. The first kappa shape index (κ1) is 88.1. The van der Waals surface area contributed by atoms with Crippen molar-refractivity contribution in [3.8, 4) is 50.4 Å². The van der Waals surface area contributed by atoms with Gasteiger partial charge in [-0.1, -0.05) is 123 Å². The van der Waals surface area contributed by atoms with E-state index >= 15 is 0 Å². The Bertz CT molecular complexity index is 4900. The van der Waals surface area contributed by atoms with E-state index in [-0.39, 0.29) is 94.6 Å². The summed E-state index contributed by atoms with van der Waals surface area (Å²) in [7, 11) is -5.63. The molecule has 0 aliphatic heterocycles. The summed E-state index contributed by atoms with van der Waals surface area (Å²) in [5, 5.41) is 8.75. The van der Waals surface area contributed by atoms with Crippen LogP contribution in [0.4, 0.5) is 92.2 Å². The van der Waals surface area contributed by atoms with E-state index in [4.69, 9.17) is 110 Å². The Balaban J connectivity index is 0.000000225. The van der Waals surface area contributed by atoms with Crippen LogP contribution in [0.3, 0.4) is 0 Å². The second-order valence-electron chi connectivity index (χ2n) is 22.4. The molecule has 582 valence electrons. The van der Waals surface area contributed by atoms with Crippen molar-refractivity contribution in [2.24, 2.45) is 5.73 Å².